The van der Waals surface area contributed by atoms with E-state index in [1.54, 1.807) is 0 Å². The van der Waals surface area contributed by atoms with Gasteiger partial charge in [0.05, 0.1) is 18.9 Å². The molecule has 1 atom stereocenters. The maximum Gasteiger partial charge on any atom is 0.225 e. The zero-order valence-corrected chi connectivity index (χ0v) is 16.2. The molecule has 148 valence electrons. The number of fused-ring (bicyclic) bond motifs is 2. The van der Waals surface area contributed by atoms with Gasteiger partial charge in [-0.2, -0.15) is 0 Å². The van der Waals surface area contributed by atoms with E-state index in [9.17, 15) is 0 Å². The first-order chi connectivity index (χ1) is 13.7. The predicted molar refractivity (Wildman–Crippen MR) is 106 cm³/mol. The first kappa shape index (κ1) is 17.8. The van der Waals surface area contributed by atoms with Gasteiger partial charge in [0, 0.05) is 55.7 Å². The average Bonchev–Trinajstić information content (AvgIpc) is 3.06. The molecule has 28 heavy (non-hydrogen) atoms. The Morgan fingerprint density at radius 1 is 1.04 bits per heavy atom. The van der Waals surface area contributed by atoms with Crippen LogP contribution in [0.25, 0.3) is 0 Å². The molecule has 4 heterocycles. The first-order valence-corrected chi connectivity index (χ1v) is 10.2. The van der Waals surface area contributed by atoms with Crippen LogP contribution in [0.4, 0.5) is 11.9 Å². The highest BCUT2D eigenvalue weighted by atomic mass is 16.5. The van der Waals surface area contributed by atoms with E-state index in [4.69, 9.17) is 10.5 Å². The van der Waals surface area contributed by atoms with E-state index in [0.29, 0.717) is 5.95 Å². The van der Waals surface area contributed by atoms with E-state index in [2.05, 4.69) is 29.7 Å². The van der Waals surface area contributed by atoms with Crippen molar-refractivity contribution < 1.29 is 4.74 Å². The van der Waals surface area contributed by atoms with Crippen molar-refractivity contribution in [3.63, 3.8) is 0 Å². The lowest BCUT2D eigenvalue weighted by Gasteiger charge is -2.40. The van der Waals surface area contributed by atoms with Gasteiger partial charge in [-0.25, -0.2) is 19.9 Å². The van der Waals surface area contributed by atoms with Crippen LogP contribution in [0.2, 0.25) is 0 Å². The van der Waals surface area contributed by atoms with E-state index < -0.39 is 0 Å². The summed E-state index contributed by atoms with van der Waals surface area (Å²) in [5.74, 6) is 1.20. The predicted octanol–water partition coefficient (Wildman–Crippen LogP) is 1.17. The average molecular weight is 381 g/mol. The van der Waals surface area contributed by atoms with Crippen molar-refractivity contribution in [3.8, 4) is 0 Å². The molecule has 1 unspecified atom stereocenters. The van der Waals surface area contributed by atoms with Gasteiger partial charge < -0.3 is 15.4 Å². The van der Waals surface area contributed by atoms with Crippen molar-refractivity contribution in [1.82, 2.24) is 24.8 Å². The van der Waals surface area contributed by atoms with Gasteiger partial charge in [-0.3, -0.25) is 4.90 Å². The molecule has 2 fully saturated rings. The number of morpholine rings is 1. The molecule has 2 aromatic rings. The van der Waals surface area contributed by atoms with Crippen LogP contribution in [-0.2, 0) is 23.1 Å². The number of rotatable bonds is 3. The quantitative estimate of drug-likeness (QED) is 0.847. The van der Waals surface area contributed by atoms with E-state index >= 15 is 0 Å². The molecule has 2 aromatic heterocycles. The Balaban J connectivity index is 1.28. The van der Waals surface area contributed by atoms with Crippen molar-refractivity contribution in [2.24, 2.45) is 0 Å². The molecular formula is C20H27N7O. The molecule has 0 bridgehead atoms. The van der Waals surface area contributed by atoms with Gasteiger partial charge in [0.25, 0.3) is 0 Å². The largest absolute Gasteiger partial charge is 0.378 e. The number of aromatic nitrogens is 4. The summed E-state index contributed by atoms with van der Waals surface area (Å²) in [7, 11) is 0. The number of nitrogens with zero attached hydrogens (tertiary/aromatic N) is 6. The molecule has 8 nitrogen and oxygen atoms in total. The number of nitrogen functional groups attached to an aromatic ring is 1. The number of anilines is 2. The fraction of sp³-hybridized carbons (Fsp3) is 0.600. The normalized spacial score (nSPS) is 25.2. The Kier molecular flexibility index (Phi) is 4.60. The molecule has 0 radical (unpaired) electrons. The van der Waals surface area contributed by atoms with Crippen LogP contribution < -0.4 is 10.6 Å². The van der Waals surface area contributed by atoms with Gasteiger partial charge in [0.15, 0.2) is 0 Å². The van der Waals surface area contributed by atoms with E-state index in [1.807, 2.05) is 18.6 Å². The highest BCUT2D eigenvalue weighted by Crippen LogP contribution is 2.44. The van der Waals surface area contributed by atoms with Crippen LogP contribution in [0.1, 0.15) is 36.1 Å². The standard InChI is InChI=1S/C20H27N7O/c21-18-22-12-16-2-4-20(17(16)25-18)3-1-5-26(14-20)13-15-10-23-19(24-11-15)27-6-8-28-9-7-27/h10-12H,1-9,13-14H2,(H2,21,22,25). The van der Waals surface area contributed by atoms with Crippen LogP contribution in [-0.4, -0.2) is 64.2 Å². The Labute approximate surface area is 165 Å². The zero-order valence-electron chi connectivity index (χ0n) is 16.2. The molecule has 8 heteroatoms. The molecule has 2 aliphatic heterocycles. The maximum absolute atomic E-state index is 5.89. The molecule has 0 aromatic carbocycles. The second kappa shape index (κ2) is 7.25. The van der Waals surface area contributed by atoms with Gasteiger partial charge in [0.1, 0.15) is 0 Å². The molecule has 3 aliphatic rings. The lowest BCUT2D eigenvalue weighted by atomic mass is 9.77. The van der Waals surface area contributed by atoms with Crippen LogP contribution in [0.3, 0.4) is 0 Å². The molecule has 1 aliphatic carbocycles. The van der Waals surface area contributed by atoms with Gasteiger partial charge in [-0.05, 0) is 37.8 Å². The minimum atomic E-state index is 0.124. The third-order valence-corrected chi connectivity index (χ3v) is 6.31. The SMILES string of the molecule is Nc1ncc2c(n1)C1(CCCN(Cc3cnc(N4CCOCC4)nc3)C1)CC2. The Bertz CT molecular complexity index is 833. The summed E-state index contributed by atoms with van der Waals surface area (Å²) in [5.41, 5.74) is 9.63. The van der Waals surface area contributed by atoms with Crippen LogP contribution in [0, 0.1) is 0 Å². The molecule has 2 N–H and O–H groups in total. The van der Waals surface area contributed by atoms with Gasteiger partial charge in [-0.15, -0.1) is 0 Å². The lowest BCUT2D eigenvalue weighted by molar-refractivity contribution is 0.122. The number of piperidine rings is 1. The van der Waals surface area contributed by atoms with Gasteiger partial charge >= 0.3 is 0 Å². The summed E-state index contributed by atoms with van der Waals surface area (Å²) < 4.78 is 5.40. The topological polar surface area (TPSA) is 93.3 Å². The lowest BCUT2D eigenvalue weighted by Crippen LogP contribution is -2.45. The summed E-state index contributed by atoms with van der Waals surface area (Å²) in [6.45, 7) is 6.20. The summed E-state index contributed by atoms with van der Waals surface area (Å²) in [4.78, 5) is 22.7. The second-order valence-electron chi connectivity index (χ2n) is 8.19. The Morgan fingerprint density at radius 2 is 1.86 bits per heavy atom. The Hall–Kier alpha value is -2.32. The van der Waals surface area contributed by atoms with Crippen LogP contribution in [0.15, 0.2) is 18.6 Å². The summed E-state index contributed by atoms with van der Waals surface area (Å²) in [6, 6.07) is 0. The monoisotopic (exact) mass is 381 g/mol. The van der Waals surface area contributed by atoms with Gasteiger partial charge in [-0.1, -0.05) is 0 Å². The van der Waals surface area contributed by atoms with E-state index in [0.717, 1.165) is 70.3 Å². The van der Waals surface area contributed by atoms with E-state index in [-0.39, 0.29) is 5.41 Å². The van der Waals surface area contributed by atoms with E-state index in [1.165, 1.54) is 24.1 Å². The number of hydrogen-bond donors (Lipinski definition) is 1. The fourth-order valence-electron chi connectivity index (χ4n) is 4.93. The summed E-state index contributed by atoms with van der Waals surface area (Å²) in [5, 5.41) is 0. The van der Waals surface area contributed by atoms with Crippen molar-refractivity contribution in [2.75, 3.05) is 50.0 Å². The highest BCUT2D eigenvalue weighted by Gasteiger charge is 2.43. The minimum Gasteiger partial charge on any atom is -0.378 e. The minimum absolute atomic E-state index is 0.124. The number of likely N-dealkylation sites (tertiary alicyclic amines) is 1. The van der Waals surface area contributed by atoms with Crippen molar-refractivity contribution in [2.45, 2.75) is 37.6 Å². The number of aryl methyl sites for hydroxylation is 1. The summed E-state index contributed by atoms with van der Waals surface area (Å²) >= 11 is 0. The summed E-state index contributed by atoms with van der Waals surface area (Å²) in [6.07, 6.45) is 10.4. The molecule has 0 saturated carbocycles. The second-order valence-corrected chi connectivity index (χ2v) is 8.19. The molecule has 0 amide bonds. The number of nitrogens with two attached hydrogens (primary N) is 1. The highest BCUT2D eigenvalue weighted by molar-refractivity contribution is 5.37. The molecule has 5 rings (SSSR count). The van der Waals surface area contributed by atoms with Crippen LogP contribution in [0.5, 0.6) is 0 Å². The van der Waals surface area contributed by atoms with Crippen molar-refractivity contribution in [3.05, 3.63) is 35.4 Å². The molecule has 1 spiro atoms. The first-order valence-electron chi connectivity index (χ1n) is 10.2. The zero-order chi connectivity index (χ0) is 19.0. The smallest absolute Gasteiger partial charge is 0.225 e. The van der Waals surface area contributed by atoms with Crippen LogP contribution >= 0.6 is 0 Å². The maximum atomic E-state index is 5.89. The fourth-order valence-corrected chi connectivity index (χ4v) is 4.93. The Morgan fingerprint density at radius 3 is 2.68 bits per heavy atom. The van der Waals surface area contributed by atoms with Crippen molar-refractivity contribution in [1.29, 1.82) is 0 Å². The third kappa shape index (κ3) is 3.31. The molecular weight excluding hydrogens is 354 g/mol. The van der Waals surface area contributed by atoms with Gasteiger partial charge in [0.2, 0.25) is 11.9 Å². The molecule has 2 saturated heterocycles. The third-order valence-electron chi connectivity index (χ3n) is 6.31. The van der Waals surface area contributed by atoms with Crippen molar-refractivity contribution >= 4 is 11.9 Å². The number of hydrogen-bond acceptors (Lipinski definition) is 8. The number of ether oxygens (including phenoxy) is 1.